The molecule has 0 radical (unpaired) electrons. The van der Waals surface area contributed by atoms with Crippen molar-refractivity contribution in [3.63, 3.8) is 0 Å². The van der Waals surface area contributed by atoms with Gasteiger partial charge in [0.25, 0.3) is 5.91 Å². The van der Waals surface area contributed by atoms with Crippen LogP contribution in [0.4, 0.5) is 5.69 Å². The minimum atomic E-state index is -0.212. The molecule has 0 atom stereocenters. The van der Waals surface area contributed by atoms with E-state index in [4.69, 9.17) is 4.74 Å². The van der Waals surface area contributed by atoms with Crippen molar-refractivity contribution in [2.75, 3.05) is 18.6 Å². The van der Waals surface area contributed by atoms with Gasteiger partial charge in [0, 0.05) is 12.1 Å². The van der Waals surface area contributed by atoms with E-state index in [1.54, 1.807) is 23.1 Å². The average molecular weight is 335 g/mol. The number of fused-ring (bicyclic) bond motifs is 1. The molecule has 1 aliphatic rings. The van der Waals surface area contributed by atoms with Gasteiger partial charge in [-0.05, 0) is 29.8 Å². The number of para-hydroxylation sites is 1. The summed E-state index contributed by atoms with van der Waals surface area (Å²) in [6.07, 6.45) is 3.14. The second-order valence-electron chi connectivity index (χ2n) is 5.35. The van der Waals surface area contributed by atoms with E-state index in [9.17, 15) is 9.90 Å². The van der Waals surface area contributed by atoms with Gasteiger partial charge in [0.05, 0.1) is 19.0 Å². The van der Waals surface area contributed by atoms with E-state index >= 15 is 0 Å². The monoisotopic (exact) mass is 335 g/mol. The Kier molecular flexibility index (Phi) is 4.61. The summed E-state index contributed by atoms with van der Waals surface area (Å²) in [4.78, 5) is 14.2. The highest BCUT2D eigenvalue weighted by molar-refractivity contribution is 6.54. The van der Waals surface area contributed by atoms with E-state index < -0.39 is 0 Å². The Morgan fingerprint density at radius 2 is 2.08 bits per heavy atom. The summed E-state index contributed by atoms with van der Waals surface area (Å²) in [6, 6.07) is 12.3. The van der Waals surface area contributed by atoms with Gasteiger partial charge in [-0.15, -0.1) is 11.7 Å². The predicted molar refractivity (Wildman–Crippen MR) is 97.8 cm³/mol. The summed E-state index contributed by atoms with van der Waals surface area (Å²) in [5.74, 6) is 0.179. The lowest BCUT2D eigenvalue weighted by Crippen LogP contribution is -2.30. The Labute approximate surface area is 145 Å². The lowest BCUT2D eigenvalue weighted by molar-refractivity contribution is -0.112. The maximum absolute atomic E-state index is 12.5. The van der Waals surface area contributed by atoms with Crippen LogP contribution in [0.2, 0.25) is 0 Å². The number of nitrogens with zero attached hydrogens (tertiary/aromatic N) is 3. The van der Waals surface area contributed by atoms with E-state index in [-0.39, 0.29) is 17.4 Å². The van der Waals surface area contributed by atoms with E-state index in [0.29, 0.717) is 17.9 Å². The molecule has 0 spiro atoms. The molecule has 6 heteroatoms. The molecule has 1 amide bonds. The molecule has 2 aromatic carbocycles. The molecule has 0 aliphatic carbocycles. The van der Waals surface area contributed by atoms with Gasteiger partial charge < -0.3 is 14.7 Å². The first-order valence-electron chi connectivity index (χ1n) is 7.66. The number of ether oxygens (including phenoxy) is 1. The lowest BCUT2D eigenvalue weighted by atomic mass is 10.1. The van der Waals surface area contributed by atoms with E-state index in [1.165, 1.54) is 19.4 Å². The van der Waals surface area contributed by atoms with Crippen molar-refractivity contribution in [2.24, 2.45) is 10.2 Å². The van der Waals surface area contributed by atoms with Crippen molar-refractivity contribution in [1.82, 2.24) is 0 Å². The number of anilines is 1. The van der Waals surface area contributed by atoms with Crippen LogP contribution in [0.25, 0.3) is 0 Å². The molecule has 25 heavy (non-hydrogen) atoms. The fourth-order valence-electron chi connectivity index (χ4n) is 2.61. The van der Waals surface area contributed by atoms with E-state index in [0.717, 1.165) is 11.3 Å². The Morgan fingerprint density at radius 3 is 2.80 bits per heavy atom. The molecule has 0 unspecified atom stereocenters. The number of carbonyl (C=O) groups excluding carboxylic acids is 1. The molecule has 0 saturated heterocycles. The number of rotatable bonds is 5. The average Bonchev–Trinajstić information content (AvgIpc) is 2.88. The van der Waals surface area contributed by atoms with Crippen LogP contribution in [0.5, 0.6) is 11.5 Å². The quantitative estimate of drug-likeness (QED) is 0.519. The first-order valence-corrected chi connectivity index (χ1v) is 7.66. The first-order chi connectivity index (χ1) is 12.2. The second kappa shape index (κ2) is 7.00. The molecule has 6 nitrogen and oxygen atoms in total. The van der Waals surface area contributed by atoms with E-state index in [1.807, 2.05) is 24.3 Å². The maximum Gasteiger partial charge on any atom is 0.279 e. The number of amides is 1. The number of hydrogen-bond donors (Lipinski definition) is 1. The van der Waals surface area contributed by atoms with Gasteiger partial charge in [0.2, 0.25) is 0 Å². The third-order valence-corrected chi connectivity index (χ3v) is 3.78. The summed E-state index contributed by atoms with van der Waals surface area (Å²) >= 11 is 0. The molecule has 2 aromatic rings. The molecule has 126 valence electrons. The third kappa shape index (κ3) is 3.14. The molecule has 3 rings (SSSR count). The first kappa shape index (κ1) is 16.4. The van der Waals surface area contributed by atoms with Gasteiger partial charge in [-0.1, -0.05) is 24.3 Å². The zero-order chi connectivity index (χ0) is 17.8. The third-order valence-electron chi connectivity index (χ3n) is 3.78. The van der Waals surface area contributed by atoms with E-state index in [2.05, 4.69) is 16.8 Å². The number of methoxy groups -OCH3 is 1. The summed E-state index contributed by atoms with van der Waals surface area (Å²) < 4.78 is 4.99. The van der Waals surface area contributed by atoms with Crippen LogP contribution >= 0.6 is 0 Å². The molecule has 1 N–H and O–H groups in total. The van der Waals surface area contributed by atoms with Crippen LogP contribution in [-0.4, -0.2) is 36.6 Å². The van der Waals surface area contributed by atoms with Crippen LogP contribution in [-0.2, 0) is 4.79 Å². The summed E-state index contributed by atoms with van der Waals surface area (Å²) in [6.45, 7) is 4.09. The highest BCUT2D eigenvalue weighted by atomic mass is 16.5. The second-order valence-corrected chi connectivity index (χ2v) is 5.35. The smallest absolute Gasteiger partial charge is 0.279 e. The number of hydrogen-bond acceptors (Lipinski definition) is 5. The van der Waals surface area contributed by atoms with Crippen LogP contribution in [0.15, 0.2) is 65.3 Å². The van der Waals surface area contributed by atoms with Crippen molar-refractivity contribution in [1.29, 1.82) is 0 Å². The van der Waals surface area contributed by atoms with Gasteiger partial charge in [0.15, 0.2) is 17.2 Å². The van der Waals surface area contributed by atoms with Crippen molar-refractivity contribution < 1.29 is 14.6 Å². The van der Waals surface area contributed by atoms with Gasteiger partial charge >= 0.3 is 0 Å². The number of benzene rings is 2. The summed E-state index contributed by atoms with van der Waals surface area (Å²) in [5, 5.41) is 17.9. The van der Waals surface area contributed by atoms with Crippen molar-refractivity contribution in [3.05, 3.63) is 66.2 Å². The maximum atomic E-state index is 12.5. The Morgan fingerprint density at radius 1 is 1.28 bits per heavy atom. The molecule has 0 bridgehead atoms. The van der Waals surface area contributed by atoms with Crippen LogP contribution < -0.4 is 9.64 Å². The molecule has 0 aromatic heterocycles. The summed E-state index contributed by atoms with van der Waals surface area (Å²) in [7, 11) is 1.48. The topological polar surface area (TPSA) is 74.5 Å². The lowest BCUT2D eigenvalue weighted by Gasteiger charge is -2.13. The molecular formula is C19H17N3O3. The molecule has 1 heterocycles. The number of phenolic OH excluding ortho intramolecular Hbond substituents is 1. The van der Waals surface area contributed by atoms with Gasteiger partial charge in [-0.2, -0.15) is 5.10 Å². The Hall–Kier alpha value is -3.41. The fourth-order valence-corrected chi connectivity index (χ4v) is 2.61. The fraction of sp³-hybridized carbons (Fsp3) is 0.105. The van der Waals surface area contributed by atoms with Crippen LogP contribution in [0.1, 0.15) is 11.1 Å². The number of carbonyl (C=O) groups is 1. The standard InChI is InChI=1S/C19H17N3O3/c1-3-10-22-15-7-5-4-6-14(15)18(19(22)24)21-20-12-13-8-9-17(25-2)16(23)11-13/h3-9,11-12,23H,1,10H2,2H3. The Bertz CT molecular complexity index is 887. The predicted octanol–water partition coefficient (Wildman–Crippen LogP) is 2.76. The minimum absolute atomic E-state index is 0.0125. The normalized spacial score (nSPS) is 15.0. The Balaban J connectivity index is 1.89. The summed E-state index contributed by atoms with van der Waals surface area (Å²) in [5.41, 5.74) is 2.46. The van der Waals surface area contributed by atoms with Gasteiger partial charge in [-0.25, -0.2) is 0 Å². The SMILES string of the molecule is C=CCN1C(=O)C(=NN=Cc2ccc(OC)c(O)c2)c2ccccc21. The molecular weight excluding hydrogens is 318 g/mol. The zero-order valence-electron chi connectivity index (χ0n) is 13.7. The largest absolute Gasteiger partial charge is 0.504 e. The van der Waals surface area contributed by atoms with Crippen LogP contribution in [0, 0.1) is 0 Å². The van der Waals surface area contributed by atoms with Gasteiger partial charge in [-0.3, -0.25) is 4.79 Å². The number of phenols is 1. The van der Waals surface area contributed by atoms with Crippen molar-refractivity contribution in [2.45, 2.75) is 0 Å². The molecule has 1 aliphatic heterocycles. The highest BCUT2D eigenvalue weighted by Crippen LogP contribution is 2.29. The van der Waals surface area contributed by atoms with Crippen molar-refractivity contribution >= 4 is 23.5 Å². The van der Waals surface area contributed by atoms with Gasteiger partial charge in [0.1, 0.15) is 0 Å². The minimum Gasteiger partial charge on any atom is -0.504 e. The van der Waals surface area contributed by atoms with Crippen molar-refractivity contribution in [3.8, 4) is 11.5 Å². The molecule has 0 fully saturated rings. The van der Waals surface area contributed by atoms with Crippen LogP contribution in [0.3, 0.4) is 0 Å². The molecule has 0 saturated carbocycles. The highest BCUT2D eigenvalue weighted by Gasteiger charge is 2.32. The number of aromatic hydroxyl groups is 1. The zero-order valence-corrected chi connectivity index (χ0v) is 13.7.